The molecular formula is C12H20N2O3. The summed E-state index contributed by atoms with van der Waals surface area (Å²) >= 11 is 0. The fourth-order valence-electron chi connectivity index (χ4n) is 2.13. The van der Waals surface area contributed by atoms with Crippen LogP contribution in [0, 0.1) is 11.8 Å². The van der Waals surface area contributed by atoms with Gasteiger partial charge in [0.1, 0.15) is 0 Å². The molecule has 1 fully saturated rings. The second-order valence-electron chi connectivity index (χ2n) is 4.59. The molecule has 0 saturated carbocycles. The first-order chi connectivity index (χ1) is 7.97. The van der Waals surface area contributed by atoms with Gasteiger partial charge in [-0.1, -0.05) is 13.0 Å². The molecule has 0 aliphatic carbocycles. The first-order valence-electron chi connectivity index (χ1n) is 5.82. The van der Waals surface area contributed by atoms with Crippen molar-refractivity contribution in [1.29, 1.82) is 0 Å². The summed E-state index contributed by atoms with van der Waals surface area (Å²) in [5, 5.41) is 11.7. The quantitative estimate of drug-likeness (QED) is 0.679. The van der Waals surface area contributed by atoms with E-state index in [0.717, 1.165) is 0 Å². The SMILES string of the molecule is C=CCNC(=O)C(C)N1C[C@@H](C)[C@H](C(=O)O)C1. The third-order valence-corrected chi connectivity index (χ3v) is 3.31. The van der Waals surface area contributed by atoms with Crippen molar-refractivity contribution in [2.24, 2.45) is 11.8 Å². The van der Waals surface area contributed by atoms with Gasteiger partial charge in [-0.3, -0.25) is 14.5 Å². The topological polar surface area (TPSA) is 69.6 Å². The van der Waals surface area contributed by atoms with Crippen molar-refractivity contribution >= 4 is 11.9 Å². The Hall–Kier alpha value is -1.36. The zero-order valence-corrected chi connectivity index (χ0v) is 10.3. The maximum atomic E-state index is 11.7. The molecule has 96 valence electrons. The van der Waals surface area contributed by atoms with Gasteiger partial charge in [0.25, 0.3) is 0 Å². The van der Waals surface area contributed by atoms with Crippen molar-refractivity contribution < 1.29 is 14.7 Å². The predicted molar refractivity (Wildman–Crippen MR) is 64.5 cm³/mol. The van der Waals surface area contributed by atoms with E-state index in [-0.39, 0.29) is 23.8 Å². The van der Waals surface area contributed by atoms with Gasteiger partial charge in [-0.05, 0) is 12.8 Å². The summed E-state index contributed by atoms with van der Waals surface area (Å²) in [5.74, 6) is -1.14. The van der Waals surface area contributed by atoms with Crippen LogP contribution in [0.2, 0.25) is 0 Å². The molecule has 1 unspecified atom stereocenters. The number of likely N-dealkylation sites (tertiary alicyclic amines) is 1. The highest BCUT2D eigenvalue weighted by molar-refractivity contribution is 5.81. The van der Waals surface area contributed by atoms with Crippen LogP contribution in [0.1, 0.15) is 13.8 Å². The molecule has 0 bridgehead atoms. The lowest BCUT2D eigenvalue weighted by atomic mass is 9.99. The standard InChI is InChI=1S/C12H20N2O3/c1-4-5-13-11(15)9(3)14-6-8(2)10(7-14)12(16)17/h4,8-10H,1,5-7H2,2-3H3,(H,13,15)(H,16,17)/t8-,9?,10-/m1/s1. The van der Waals surface area contributed by atoms with Crippen molar-refractivity contribution in [3.8, 4) is 0 Å². The van der Waals surface area contributed by atoms with Crippen molar-refractivity contribution in [3.05, 3.63) is 12.7 Å². The van der Waals surface area contributed by atoms with E-state index in [0.29, 0.717) is 19.6 Å². The number of carbonyl (C=O) groups is 2. The van der Waals surface area contributed by atoms with Crippen LogP contribution in [0.15, 0.2) is 12.7 Å². The molecule has 0 aromatic carbocycles. The van der Waals surface area contributed by atoms with Crippen LogP contribution in [-0.4, -0.2) is 47.6 Å². The monoisotopic (exact) mass is 240 g/mol. The largest absolute Gasteiger partial charge is 0.481 e. The fourth-order valence-corrected chi connectivity index (χ4v) is 2.13. The van der Waals surface area contributed by atoms with Crippen molar-refractivity contribution in [1.82, 2.24) is 10.2 Å². The van der Waals surface area contributed by atoms with Crippen molar-refractivity contribution in [3.63, 3.8) is 0 Å². The maximum Gasteiger partial charge on any atom is 0.308 e. The van der Waals surface area contributed by atoms with E-state index >= 15 is 0 Å². The third kappa shape index (κ3) is 3.30. The lowest BCUT2D eigenvalue weighted by molar-refractivity contribution is -0.142. The summed E-state index contributed by atoms with van der Waals surface area (Å²) in [6, 6.07) is -0.290. The van der Waals surface area contributed by atoms with E-state index in [1.807, 2.05) is 11.8 Å². The number of amides is 1. The molecule has 5 nitrogen and oxygen atoms in total. The van der Waals surface area contributed by atoms with Crippen LogP contribution in [0.4, 0.5) is 0 Å². The summed E-state index contributed by atoms with van der Waals surface area (Å²) in [7, 11) is 0. The smallest absolute Gasteiger partial charge is 0.308 e. The minimum atomic E-state index is -0.779. The number of carboxylic acids is 1. The second-order valence-corrected chi connectivity index (χ2v) is 4.59. The van der Waals surface area contributed by atoms with Crippen molar-refractivity contribution in [2.45, 2.75) is 19.9 Å². The summed E-state index contributed by atoms with van der Waals surface area (Å²) in [5.41, 5.74) is 0. The predicted octanol–water partition coefficient (Wildman–Crippen LogP) is 0.330. The zero-order valence-electron chi connectivity index (χ0n) is 10.3. The minimum absolute atomic E-state index is 0.0804. The highest BCUT2D eigenvalue weighted by Gasteiger charge is 2.38. The van der Waals surface area contributed by atoms with Gasteiger partial charge in [-0.2, -0.15) is 0 Å². The number of rotatable bonds is 5. The van der Waals surface area contributed by atoms with Crippen LogP contribution in [0.5, 0.6) is 0 Å². The zero-order chi connectivity index (χ0) is 13.0. The molecule has 5 heteroatoms. The van der Waals surface area contributed by atoms with Crippen LogP contribution < -0.4 is 5.32 Å². The Labute approximate surface area is 101 Å². The highest BCUT2D eigenvalue weighted by atomic mass is 16.4. The molecule has 1 rings (SSSR count). The van der Waals surface area contributed by atoms with E-state index in [4.69, 9.17) is 5.11 Å². The van der Waals surface area contributed by atoms with E-state index in [9.17, 15) is 9.59 Å². The van der Waals surface area contributed by atoms with E-state index in [2.05, 4.69) is 11.9 Å². The maximum absolute atomic E-state index is 11.7. The average Bonchev–Trinajstić information content (AvgIpc) is 2.67. The number of carbonyl (C=O) groups excluding carboxylic acids is 1. The molecule has 3 atom stereocenters. The molecule has 1 aliphatic heterocycles. The van der Waals surface area contributed by atoms with Crippen molar-refractivity contribution in [2.75, 3.05) is 19.6 Å². The molecule has 1 aliphatic rings. The number of carboxylic acid groups (broad SMARTS) is 1. The lowest BCUT2D eigenvalue weighted by Gasteiger charge is -2.22. The molecule has 1 heterocycles. The highest BCUT2D eigenvalue weighted by Crippen LogP contribution is 2.24. The summed E-state index contributed by atoms with van der Waals surface area (Å²) in [6.45, 7) is 8.78. The molecule has 1 amide bonds. The second kappa shape index (κ2) is 5.82. The number of hydrogen-bond donors (Lipinski definition) is 2. The molecule has 1 saturated heterocycles. The number of nitrogens with one attached hydrogen (secondary N) is 1. The van der Waals surface area contributed by atoms with E-state index < -0.39 is 5.97 Å². The fraction of sp³-hybridized carbons (Fsp3) is 0.667. The summed E-state index contributed by atoms with van der Waals surface area (Å²) in [6.07, 6.45) is 1.62. The van der Waals surface area contributed by atoms with Crippen LogP contribution in [0.3, 0.4) is 0 Å². The van der Waals surface area contributed by atoms with Gasteiger partial charge in [-0.25, -0.2) is 0 Å². The van der Waals surface area contributed by atoms with Gasteiger partial charge in [0.05, 0.1) is 12.0 Å². The summed E-state index contributed by atoms with van der Waals surface area (Å²) in [4.78, 5) is 24.6. The van der Waals surface area contributed by atoms with E-state index in [1.165, 1.54) is 0 Å². The number of hydrogen-bond acceptors (Lipinski definition) is 3. The first-order valence-corrected chi connectivity index (χ1v) is 5.82. The molecule has 0 spiro atoms. The van der Waals surface area contributed by atoms with Crippen LogP contribution >= 0.6 is 0 Å². The van der Waals surface area contributed by atoms with Gasteiger partial charge in [0, 0.05) is 19.6 Å². The van der Waals surface area contributed by atoms with Crippen LogP contribution in [-0.2, 0) is 9.59 Å². The number of aliphatic carboxylic acids is 1. The van der Waals surface area contributed by atoms with Gasteiger partial charge in [0.15, 0.2) is 0 Å². The Morgan fingerprint density at radius 3 is 2.71 bits per heavy atom. The van der Waals surface area contributed by atoms with Gasteiger partial charge >= 0.3 is 5.97 Å². The Morgan fingerprint density at radius 1 is 1.59 bits per heavy atom. The van der Waals surface area contributed by atoms with Gasteiger partial charge in [-0.15, -0.1) is 6.58 Å². The number of nitrogens with zero attached hydrogens (tertiary/aromatic N) is 1. The molecule has 2 N–H and O–H groups in total. The molecule has 0 aromatic heterocycles. The molecular weight excluding hydrogens is 220 g/mol. The normalized spacial score (nSPS) is 26.5. The Kier molecular flexibility index (Phi) is 4.69. The molecule has 17 heavy (non-hydrogen) atoms. The Morgan fingerprint density at radius 2 is 2.24 bits per heavy atom. The average molecular weight is 240 g/mol. The Balaban J connectivity index is 2.54. The van der Waals surface area contributed by atoms with Crippen LogP contribution in [0.25, 0.3) is 0 Å². The Bertz CT molecular complexity index is 317. The van der Waals surface area contributed by atoms with E-state index in [1.54, 1.807) is 13.0 Å². The first kappa shape index (κ1) is 13.7. The summed E-state index contributed by atoms with van der Waals surface area (Å²) < 4.78 is 0. The molecule has 0 aromatic rings. The third-order valence-electron chi connectivity index (χ3n) is 3.31. The van der Waals surface area contributed by atoms with Gasteiger partial charge in [0.2, 0.25) is 5.91 Å². The lowest BCUT2D eigenvalue weighted by Crippen LogP contribution is -2.44. The molecule has 0 radical (unpaired) electrons. The minimum Gasteiger partial charge on any atom is -0.481 e. The van der Waals surface area contributed by atoms with Gasteiger partial charge < -0.3 is 10.4 Å².